The Morgan fingerprint density at radius 2 is 1.66 bits per heavy atom. The van der Waals surface area contributed by atoms with Crippen molar-refractivity contribution in [3.63, 3.8) is 0 Å². The van der Waals surface area contributed by atoms with Crippen molar-refractivity contribution in [3.8, 4) is 0 Å². The third-order valence-electron chi connectivity index (χ3n) is 5.90. The minimum Gasteiger partial charge on any atom is -0.399 e. The molecule has 0 unspecified atom stereocenters. The summed E-state index contributed by atoms with van der Waals surface area (Å²) in [6.45, 7) is 7.65. The van der Waals surface area contributed by atoms with Gasteiger partial charge in [-0.05, 0) is 43.2 Å². The van der Waals surface area contributed by atoms with E-state index in [0.717, 1.165) is 76.5 Å². The highest BCUT2D eigenvalue weighted by Crippen LogP contribution is 2.23. The molecule has 0 bridgehead atoms. The highest BCUT2D eigenvalue weighted by molar-refractivity contribution is 6.00. The number of nitrogens with one attached hydrogen (secondary N) is 1. The number of piperazine rings is 1. The Balaban J connectivity index is 1.30. The number of likely N-dealkylation sites (tertiary alicyclic amines) is 1. The van der Waals surface area contributed by atoms with Crippen LogP contribution in [0, 0.1) is 0 Å². The fourth-order valence-corrected chi connectivity index (χ4v) is 4.20. The SMILES string of the molecule is Nc1ccc(C(=O)N2CCCC2)c(NCCN2CCN(c3ccccc3)CC2)c1. The lowest BCUT2D eigenvalue weighted by atomic mass is 10.1. The van der Waals surface area contributed by atoms with Crippen LogP contribution in [0.15, 0.2) is 48.5 Å². The molecule has 0 aliphatic carbocycles. The molecule has 1 amide bonds. The largest absolute Gasteiger partial charge is 0.399 e. The van der Waals surface area contributed by atoms with Crippen LogP contribution in [0.2, 0.25) is 0 Å². The number of nitrogens with two attached hydrogens (primary N) is 1. The van der Waals surface area contributed by atoms with E-state index in [4.69, 9.17) is 5.73 Å². The van der Waals surface area contributed by atoms with E-state index in [2.05, 4.69) is 45.4 Å². The number of hydrogen-bond acceptors (Lipinski definition) is 5. The Morgan fingerprint density at radius 1 is 0.931 bits per heavy atom. The van der Waals surface area contributed by atoms with Gasteiger partial charge in [-0.15, -0.1) is 0 Å². The number of anilines is 3. The Morgan fingerprint density at radius 3 is 2.38 bits per heavy atom. The van der Waals surface area contributed by atoms with Gasteiger partial charge in [0.05, 0.1) is 5.56 Å². The van der Waals surface area contributed by atoms with Gasteiger partial charge in [-0.25, -0.2) is 0 Å². The molecule has 0 atom stereocenters. The van der Waals surface area contributed by atoms with Crippen LogP contribution in [-0.4, -0.2) is 68.1 Å². The molecule has 6 heteroatoms. The van der Waals surface area contributed by atoms with Gasteiger partial charge in [0.25, 0.3) is 5.91 Å². The van der Waals surface area contributed by atoms with E-state index in [9.17, 15) is 4.79 Å². The van der Waals surface area contributed by atoms with E-state index in [-0.39, 0.29) is 5.91 Å². The second-order valence-corrected chi connectivity index (χ2v) is 7.90. The molecular formula is C23H31N5O. The van der Waals surface area contributed by atoms with Crippen LogP contribution in [0.25, 0.3) is 0 Å². The lowest BCUT2D eigenvalue weighted by molar-refractivity contribution is 0.0794. The lowest BCUT2D eigenvalue weighted by Gasteiger charge is -2.36. The summed E-state index contributed by atoms with van der Waals surface area (Å²) in [5.74, 6) is 0.112. The molecule has 2 fully saturated rings. The molecule has 2 aliphatic rings. The molecular weight excluding hydrogens is 362 g/mol. The molecule has 0 saturated carbocycles. The van der Waals surface area contributed by atoms with E-state index in [1.807, 2.05) is 23.1 Å². The Labute approximate surface area is 173 Å². The van der Waals surface area contributed by atoms with Gasteiger partial charge in [-0.2, -0.15) is 0 Å². The maximum absolute atomic E-state index is 12.8. The highest BCUT2D eigenvalue weighted by atomic mass is 16.2. The number of carbonyl (C=O) groups excluding carboxylic acids is 1. The molecule has 29 heavy (non-hydrogen) atoms. The lowest BCUT2D eigenvalue weighted by Crippen LogP contribution is -2.47. The first-order valence-corrected chi connectivity index (χ1v) is 10.7. The summed E-state index contributed by atoms with van der Waals surface area (Å²) in [6.07, 6.45) is 2.19. The smallest absolute Gasteiger partial charge is 0.255 e. The first-order valence-electron chi connectivity index (χ1n) is 10.7. The first kappa shape index (κ1) is 19.6. The Hall–Kier alpha value is -2.73. The second-order valence-electron chi connectivity index (χ2n) is 7.90. The molecule has 2 saturated heterocycles. The van der Waals surface area contributed by atoms with Crippen LogP contribution < -0.4 is 16.0 Å². The summed E-state index contributed by atoms with van der Waals surface area (Å²) in [5, 5.41) is 3.47. The van der Waals surface area contributed by atoms with Crippen molar-refractivity contribution < 1.29 is 4.79 Å². The van der Waals surface area contributed by atoms with Crippen LogP contribution in [-0.2, 0) is 0 Å². The number of nitrogens with zero attached hydrogens (tertiary/aromatic N) is 3. The summed E-state index contributed by atoms with van der Waals surface area (Å²) in [6, 6.07) is 16.2. The fraction of sp³-hybridized carbons (Fsp3) is 0.435. The Kier molecular flexibility index (Phi) is 6.20. The molecule has 0 spiro atoms. The quantitative estimate of drug-likeness (QED) is 0.739. The summed E-state index contributed by atoms with van der Waals surface area (Å²) >= 11 is 0. The van der Waals surface area contributed by atoms with Gasteiger partial charge < -0.3 is 20.9 Å². The number of nitrogen functional groups attached to an aromatic ring is 1. The number of amides is 1. The zero-order chi connectivity index (χ0) is 20.1. The van der Waals surface area contributed by atoms with Gasteiger partial charge >= 0.3 is 0 Å². The second kappa shape index (κ2) is 9.18. The summed E-state index contributed by atoms with van der Waals surface area (Å²) in [5.41, 5.74) is 9.55. The monoisotopic (exact) mass is 393 g/mol. The standard InChI is InChI=1S/C23H31N5O/c24-19-8-9-21(23(29)28-11-4-5-12-28)22(18-19)25-10-13-26-14-16-27(17-15-26)20-6-2-1-3-7-20/h1-3,6-9,18,25H,4-5,10-17,24H2. The first-order chi connectivity index (χ1) is 14.2. The summed E-state index contributed by atoms with van der Waals surface area (Å²) in [7, 11) is 0. The normalized spacial score (nSPS) is 17.5. The van der Waals surface area contributed by atoms with E-state index in [1.165, 1.54) is 5.69 Å². The average Bonchev–Trinajstić information content (AvgIpc) is 3.30. The molecule has 0 aromatic heterocycles. The molecule has 0 radical (unpaired) electrons. The van der Waals surface area contributed by atoms with Crippen LogP contribution in [0.1, 0.15) is 23.2 Å². The molecule has 154 valence electrons. The minimum atomic E-state index is 0.112. The molecule has 2 aromatic rings. The van der Waals surface area contributed by atoms with Crippen molar-refractivity contribution in [2.45, 2.75) is 12.8 Å². The molecule has 4 rings (SSSR count). The third-order valence-corrected chi connectivity index (χ3v) is 5.90. The van der Waals surface area contributed by atoms with E-state index in [1.54, 1.807) is 0 Å². The number of hydrogen-bond donors (Lipinski definition) is 2. The third kappa shape index (κ3) is 4.82. The Bertz CT molecular complexity index is 811. The molecule has 2 heterocycles. The molecule has 2 aromatic carbocycles. The molecule has 6 nitrogen and oxygen atoms in total. The highest BCUT2D eigenvalue weighted by Gasteiger charge is 2.22. The van der Waals surface area contributed by atoms with Gasteiger partial charge in [0.1, 0.15) is 0 Å². The van der Waals surface area contributed by atoms with Crippen molar-refractivity contribution in [3.05, 3.63) is 54.1 Å². The predicted molar refractivity (Wildman–Crippen MR) is 120 cm³/mol. The van der Waals surface area contributed by atoms with Crippen molar-refractivity contribution in [1.82, 2.24) is 9.80 Å². The van der Waals surface area contributed by atoms with Gasteiger partial charge in [-0.1, -0.05) is 18.2 Å². The number of carbonyl (C=O) groups is 1. The van der Waals surface area contributed by atoms with Gasteiger partial charge in [-0.3, -0.25) is 9.69 Å². The van der Waals surface area contributed by atoms with Crippen LogP contribution in [0.5, 0.6) is 0 Å². The van der Waals surface area contributed by atoms with Crippen molar-refractivity contribution in [2.75, 3.05) is 68.3 Å². The predicted octanol–water partition coefficient (Wildman–Crippen LogP) is 2.74. The van der Waals surface area contributed by atoms with Crippen molar-refractivity contribution in [1.29, 1.82) is 0 Å². The van der Waals surface area contributed by atoms with Crippen molar-refractivity contribution in [2.24, 2.45) is 0 Å². The summed E-state index contributed by atoms with van der Waals surface area (Å²) in [4.78, 5) is 19.7. The maximum atomic E-state index is 12.8. The van der Waals surface area contributed by atoms with Crippen LogP contribution >= 0.6 is 0 Å². The number of benzene rings is 2. The van der Waals surface area contributed by atoms with Crippen LogP contribution in [0.4, 0.5) is 17.1 Å². The number of rotatable bonds is 6. The minimum absolute atomic E-state index is 0.112. The average molecular weight is 394 g/mol. The topological polar surface area (TPSA) is 64.8 Å². The summed E-state index contributed by atoms with van der Waals surface area (Å²) < 4.78 is 0. The van der Waals surface area contributed by atoms with Gasteiger partial charge in [0, 0.05) is 69.4 Å². The molecule has 2 aliphatic heterocycles. The van der Waals surface area contributed by atoms with Crippen LogP contribution in [0.3, 0.4) is 0 Å². The van der Waals surface area contributed by atoms with Gasteiger partial charge in [0.2, 0.25) is 0 Å². The van der Waals surface area contributed by atoms with E-state index >= 15 is 0 Å². The van der Waals surface area contributed by atoms with Crippen molar-refractivity contribution >= 4 is 23.0 Å². The maximum Gasteiger partial charge on any atom is 0.255 e. The fourth-order valence-electron chi connectivity index (χ4n) is 4.20. The zero-order valence-electron chi connectivity index (χ0n) is 17.0. The van der Waals surface area contributed by atoms with E-state index < -0.39 is 0 Å². The number of para-hydroxylation sites is 1. The van der Waals surface area contributed by atoms with E-state index in [0.29, 0.717) is 5.69 Å². The van der Waals surface area contributed by atoms with Gasteiger partial charge in [0.15, 0.2) is 0 Å². The zero-order valence-corrected chi connectivity index (χ0v) is 17.0. The molecule has 3 N–H and O–H groups in total.